The van der Waals surface area contributed by atoms with Crippen LogP contribution in [0.25, 0.3) is 0 Å². The largest absolute Gasteiger partial charge is 0.381 e. The summed E-state index contributed by atoms with van der Waals surface area (Å²) in [4.78, 5) is 0. The van der Waals surface area contributed by atoms with Gasteiger partial charge in [-0.15, -0.1) is 0 Å². The van der Waals surface area contributed by atoms with Gasteiger partial charge in [-0.25, -0.2) is 0 Å². The second-order valence-corrected chi connectivity index (χ2v) is 3.66. The normalized spacial score (nSPS) is 11.5. The Balaban J connectivity index is 3.12. The molecule has 0 fully saturated rings. The molecule has 0 saturated heterocycles. The van der Waals surface area contributed by atoms with Crippen molar-refractivity contribution in [1.82, 2.24) is 5.16 Å². The standard InChI is InChI=1S/C9H16N2O/c1-5(2)7-8(6(3)4)12-11-9(7)10/h5-6H,1-4H3,(H2,10,11). The van der Waals surface area contributed by atoms with Crippen molar-refractivity contribution in [2.24, 2.45) is 0 Å². The van der Waals surface area contributed by atoms with Crippen molar-refractivity contribution in [2.45, 2.75) is 39.5 Å². The highest BCUT2D eigenvalue weighted by Gasteiger charge is 2.18. The Morgan fingerprint density at radius 2 is 1.75 bits per heavy atom. The predicted octanol–water partition coefficient (Wildman–Crippen LogP) is 2.50. The summed E-state index contributed by atoms with van der Waals surface area (Å²) in [5, 5.41) is 3.76. The van der Waals surface area contributed by atoms with Crippen molar-refractivity contribution in [3.8, 4) is 0 Å². The lowest BCUT2D eigenvalue weighted by molar-refractivity contribution is 0.370. The van der Waals surface area contributed by atoms with Gasteiger partial charge in [0.25, 0.3) is 0 Å². The molecule has 1 aromatic heterocycles. The Hall–Kier alpha value is -0.990. The summed E-state index contributed by atoms with van der Waals surface area (Å²) in [6.45, 7) is 8.33. The van der Waals surface area contributed by atoms with Crippen LogP contribution in [0.2, 0.25) is 0 Å². The first kappa shape index (κ1) is 9.10. The van der Waals surface area contributed by atoms with Gasteiger partial charge in [0.15, 0.2) is 5.82 Å². The molecule has 0 aliphatic carbocycles. The minimum atomic E-state index is 0.354. The van der Waals surface area contributed by atoms with E-state index in [0.29, 0.717) is 17.7 Å². The Morgan fingerprint density at radius 1 is 1.17 bits per heavy atom. The fourth-order valence-electron chi connectivity index (χ4n) is 1.32. The smallest absolute Gasteiger partial charge is 0.170 e. The van der Waals surface area contributed by atoms with Gasteiger partial charge in [0.1, 0.15) is 5.76 Å². The highest BCUT2D eigenvalue weighted by atomic mass is 16.5. The highest BCUT2D eigenvalue weighted by Crippen LogP contribution is 2.30. The van der Waals surface area contributed by atoms with Crippen LogP contribution in [-0.4, -0.2) is 5.16 Å². The Bertz CT molecular complexity index is 263. The number of nitrogen functional groups attached to an aromatic ring is 1. The van der Waals surface area contributed by atoms with Crippen molar-refractivity contribution in [3.05, 3.63) is 11.3 Å². The molecule has 0 radical (unpaired) electrons. The number of hydrogen-bond acceptors (Lipinski definition) is 3. The summed E-state index contributed by atoms with van der Waals surface area (Å²) in [5.41, 5.74) is 6.74. The summed E-state index contributed by atoms with van der Waals surface area (Å²) in [7, 11) is 0. The van der Waals surface area contributed by atoms with Crippen LogP contribution in [0.15, 0.2) is 4.52 Å². The maximum absolute atomic E-state index is 5.68. The molecule has 0 amide bonds. The average Bonchev–Trinajstić information content (AvgIpc) is 2.30. The van der Waals surface area contributed by atoms with Crippen molar-refractivity contribution >= 4 is 5.82 Å². The molecule has 1 heterocycles. The molecule has 3 nitrogen and oxygen atoms in total. The zero-order valence-electron chi connectivity index (χ0n) is 8.09. The Labute approximate surface area is 72.9 Å². The molecule has 0 unspecified atom stereocenters. The third-order valence-corrected chi connectivity index (χ3v) is 1.89. The lowest BCUT2D eigenvalue weighted by atomic mass is 9.98. The summed E-state index contributed by atoms with van der Waals surface area (Å²) < 4.78 is 5.14. The van der Waals surface area contributed by atoms with Crippen molar-refractivity contribution in [1.29, 1.82) is 0 Å². The number of anilines is 1. The lowest BCUT2D eigenvalue weighted by Gasteiger charge is -2.06. The topological polar surface area (TPSA) is 52.0 Å². The Morgan fingerprint density at radius 3 is 2.08 bits per heavy atom. The van der Waals surface area contributed by atoms with E-state index in [9.17, 15) is 0 Å². The lowest BCUT2D eigenvalue weighted by Crippen LogP contribution is -1.98. The molecule has 12 heavy (non-hydrogen) atoms. The molecular weight excluding hydrogens is 152 g/mol. The van der Waals surface area contributed by atoms with Gasteiger partial charge < -0.3 is 10.3 Å². The average molecular weight is 168 g/mol. The van der Waals surface area contributed by atoms with Crippen molar-refractivity contribution in [2.75, 3.05) is 5.73 Å². The zero-order valence-corrected chi connectivity index (χ0v) is 8.09. The molecular formula is C9H16N2O. The van der Waals surface area contributed by atoms with E-state index in [1.807, 2.05) is 0 Å². The number of nitrogens with zero attached hydrogens (tertiary/aromatic N) is 1. The molecule has 0 spiro atoms. The number of nitrogens with two attached hydrogens (primary N) is 1. The van der Waals surface area contributed by atoms with Crippen LogP contribution in [0.4, 0.5) is 5.82 Å². The van der Waals surface area contributed by atoms with Crippen LogP contribution in [0.1, 0.15) is 50.9 Å². The predicted molar refractivity (Wildman–Crippen MR) is 49.1 cm³/mol. The summed E-state index contributed by atoms with van der Waals surface area (Å²) in [6.07, 6.45) is 0. The molecule has 0 aliphatic heterocycles. The third-order valence-electron chi connectivity index (χ3n) is 1.89. The molecule has 0 saturated carbocycles. The van der Waals surface area contributed by atoms with E-state index in [-0.39, 0.29) is 0 Å². The number of rotatable bonds is 2. The number of hydrogen-bond donors (Lipinski definition) is 1. The van der Waals surface area contributed by atoms with Crippen molar-refractivity contribution < 1.29 is 4.52 Å². The van der Waals surface area contributed by atoms with E-state index in [4.69, 9.17) is 10.3 Å². The fraction of sp³-hybridized carbons (Fsp3) is 0.667. The molecule has 3 heteroatoms. The van der Waals surface area contributed by atoms with Crippen LogP contribution in [0.3, 0.4) is 0 Å². The van der Waals surface area contributed by atoms with Gasteiger partial charge in [-0.3, -0.25) is 0 Å². The summed E-state index contributed by atoms with van der Waals surface area (Å²) in [5.74, 6) is 2.19. The zero-order chi connectivity index (χ0) is 9.30. The van der Waals surface area contributed by atoms with Gasteiger partial charge in [-0.2, -0.15) is 0 Å². The first-order valence-electron chi connectivity index (χ1n) is 4.29. The van der Waals surface area contributed by atoms with Crippen molar-refractivity contribution in [3.63, 3.8) is 0 Å². The molecule has 2 N–H and O–H groups in total. The highest BCUT2D eigenvalue weighted by molar-refractivity contribution is 5.43. The van der Waals surface area contributed by atoms with Crippen LogP contribution in [0, 0.1) is 0 Å². The van der Waals surface area contributed by atoms with Crippen LogP contribution < -0.4 is 5.73 Å². The maximum Gasteiger partial charge on any atom is 0.170 e. The van der Waals surface area contributed by atoms with E-state index < -0.39 is 0 Å². The molecule has 0 aromatic carbocycles. The van der Waals surface area contributed by atoms with Gasteiger partial charge in [0, 0.05) is 11.5 Å². The molecule has 1 rings (SSSR count). The maximum atomic E-state index is 5.68. The van der Waals surface area contributed by atoms with E-state index in [0.717, 1.165) is 11.3 Å². The Kier molecular flexibility index (Phi) is 2.40. The molecule has 0 atom stereocenters. The van der Waals surface area contributed by atoms with E-state index in [1.54, 1.807) is 0 Å². The molecule has 0 aliphatic rings. The van der Waals surface area contributed by atoms with E-state index in [2.05, 4.69) is 32.9 Å². The minimum Gasteiger partial charge on any atom is -0.381 e. The van der Waals surface area contributed by atoms with Crippen LogP contribution in [-0.2, 0) is 0 Å². The van der Waals surface area contributed by atoms with Crippen LogP contribution >= 0.6 is 0 Å². The number of aromatic nitrogens is 1. The fourth-order valence-corrected chi connectivity index (χ4v) is 1.32. The monoisotopic (exact) mass is 168 g/mol. The second kappa shape index (κ2) is 3.17. The summed E-state index contributed by atoms with van der Waals surface area (Å²) in [6, 6.07) is 0. The van der Waals surface area contributed by atoms with E-state index in [1.165, 1.54) is 0 Å². The van der Waals surface area contributed by atoms with Crippen LogP contribution in [0.5, 0.6) is 0 Å². The molecule has 1 aromatic rings. The second-order valence-electron chi connectivity index (χ2n) is 3.66. The first-order chi connectivity index (χ1) is 5.54. The molecule has 0 bridgehead atoms. The summed E-state index contributed by atoms with van der Waals surface area (Å²) >= 11 is 0. The van der Waals surface area contributed by atoms with Gasteiger partial charge in [0.2, 0.25) is 0 Å². The van der Waals surface area contributed by atoms with Gasteiger partial charge >= 0.3 is 0 Å². The van der Waals surface area contributed by atoms with Gasteiger partial charge in [-0.1, -0.05) is 32.9 Å². The van der Waals surface area contributed by atoms with Gasteiger partial charge in [0.05, 0.1) is 0 Å². The SMILES string of the molecule is CC(C)c1onc(N)c1C(C)C. The molecule has 68 valence electrons. The third kappa shape index (κ3) is 1.44. The first-order valence-corrected chi connectivity index (χ1v) is 4.29. The van der Waals surface area contributed by atoms with E-state index >= 15 is 0 Å². The minimum absolute atomic E-state index is 0.354. The van der Waals surface area contributed by atoms with Gasteiger partial charge in [-0.05, 0) is 5.92 Å². The quantitative estimate of drug-likeness (QED) is 0.738.